The van der Waals surface area contributed by atoms with E-state index in [1.807, 2.05) is 0 Å². The normalized spacial score (nSPS) is 10.3. The third kappa shape index (κ3) is 4.22. The van der Waals surface area contributed by atoms with Gasteiger partial charge >= 0.3 is 0 Å². The molecular weight excluding hydrogens is 372 g/mol. The second kappa shape index (κ2) is 8.89. The maximum atomic E-state index is 11.4. The molecule has 0 spiro atoms. The van der Waals surface area contributed by atoms with Crippen LogP contribution in [0.2, 0.25) is 0 Å². The zero-order valence-corrected chi connectivity index (χ0v) is 15.9. The monoisotopic (exact) mass is 392 g/mol. The first-order valence-corrected chi connectivity index (χ1v) is 8.14. The molecule has 0 N–H and O–H groups in total. The summed E-state index contributed by atoms with van der Waals surface area (Å²) in [5.74, 6) is 1.14. The van der Waals surface area contributed by atoms with Gasteiger partial charge in [-0.2, -0.15) is 0 Å². The van der Waals surface area contributed by atoms with Gasteiger partial charge in [0.05, 0.1) is 50.4 Å². The van der Waals surface area contributed by atoms with Crippen LogP contribution in [0.1, 0.15) is 11.1 Å². The Kier molecular flexibility index (Phi) is 6.59. The van der Waals surface area contributed by atoms with E-state index in [2.05, 4.69) is 0 Å². The molecule has 0 aliphatic heterocycles. The number of nitrogens with zero attached hydrogens (tertiary/aromatic N) is 2. The Labute approximate surface area is 160 Å². The number of benzene rings is 2. The number of rotatable bonds is 9. The van der Waals surface area contributed by atoms with E-state index in [1.54, 1.807) is 0 Å². The summed E-state index contributed by atoms with van der Waals surface area (Å²) in [6.45, 7) is 0. The molecule has 0 heterocycles. The van der Waals surface area contributed by atoms with Crippen molar-refractivity contribution in [1.82, 2.24) is 0 Å². The van der Waals surface area contributed by atoms with Crippen LogP contribution in [0.15, 0.2) is 24.3 Å². The number of nitro benzene ring substituents is 2. The molecule has 150 valence electrons. The summed E-state index contributed by atoms with van der Waals surface area (Å²) in [4.78, 5) is 21.8. The topological polar surface area (TPSA) is 123 Å². The fraction of sp³-hybridized carbons (Fsp3) is 0.333. The largest absolute Gasteiger partial charge is 0.493 e. The van der Waals surface area contributed by atoms with Crippen LogP contribution >= 0.6 is 0 Å². The maximum Gasteiger partial charge on any atom is 0.276 e. The molecule has 2 rings (SSSR count). The molecule has 0 aliphatic rings. The molecule has 0 aliphatic carbocycles. The highest BCUT2D eigenvalue weighted by molar-refractivity contribution is 5.56. The van der Waals surface area contributed by atoms with E-state index < -0.39 is 9.85 Å². The molecule has 2 aromatic carbocycles. The minimum Gasteiger partial charge on any atom is -0.493 e. The maximum absolute atomic E-state index is 11.4. The van der Waals surface area contributed by atoms with Gasteiger partial charge in [-0.25, -0.2) is 0 Å². The molecule has 28 heavy (non-hydrogen) atoms. The molecule has 0 atom stereocenters. The van der Waals surface area contributed by atoms with Crippen molar-refractivity contribution in [3.05, 3.63) is 55.6 Å². The summed E-state index contributed by atoms with van der Waals surface area (Å²) in [5.41, 5.74) is 0.431. The SMILES string of the molecule is COc1cc(CCc2cc(OC)c(OC)cc2[N+](=O)[O-])c([N+](=O)[O-])cc1OC. The average molecular weight is 392 g/mol. The summed E-state index contributed by atoms with van der Waals surface area (Å²) in [6.07, 6.45) is 0.347. The van der Waals surface area contributed by atoms with Crippen molar-refractivity contribution in [2.24, 2.45) is 0 Å². The van der Waals surface area contributed by atoms with E-state index in [4.69, 9.17) is 18.9 Å². The first-order chi connectivity index (χ1) is 13.4. The second-order valence-corrected chi connectivity index (χ2v) is 5.69. The van der Waals surface area contributed by atoms with E-state index in [-0.39, 0.29) is 35.7 Å². The predicted molar refractivity (Wildman–Crippen MR) is 99.8 cm³/mol. The van der Waals surface area contributed by atoms with Crippen LogP contribution in [0.3, 0.4) is 0 Å². The van der Waals surface area contributed by atoms with Crippen molar-refractivity contribution < 1.29 is 28.8 Å². The highest BCUT2D eigenvalue weighted by atomic mass is 16.6. The Morgan fingerprint density at radius 3 is 1.18 bits per heavy atom. The van der Waals surface area contributed by atoms with Gasteiger partial charge in [-0.1, -0.05) is 0 Å². The summed E-state index contributed by atoms with van der Waals surface area (Å²) >= 11 is 0. The number of nitro groups is 2. The number of hydrogen-bond donors (Lipinski definition) is 0. The Hall–Kier alpha value is -3.56. The molecule has 0 fully saturated rings. The van der Waals surface area contributed by atoms with Crippen molar-refractivity contribution in [2.45, 2.75) is 12.8 Å². The van der Waals surface area contributed by atoms with Gasteiger partial charge < -0.3 is 18.9 Å². The van der Waals surface area contributed by atoms with Gasteiger partial charge in [-0.3, -0.25) is 20.2 Å². The van der Waals surface area contributed by atoms with Gasteiger partial charge in [0.1, 0.15) is 0 Å². The van der Waals surface area contributed by atoms with Crippen LogP contribution in [0.4, 0.5) is 11.4 Å². The molecule has 0 radical (unpaired) electrons. The van der Waals surface area contributed by atoms with Crippen LogP contribution < -0.4 is 18.9 Å². The third-order valence-electron chi connectivity index (χ3n) is 4.23. The molecule has 0 bridgehead atoms. The predicted octanol–water partition coefficient (Wildman–Crippen LogP) is 3.32. The van der Waals surface area contributed by atoms with Gasteiger partial charge in [-0.05, 0) is 25.0 Å². The lowest BCUT2D eigenvalue weighted by atomic mass is 10.0. The average Bonchev–Trinajstić information content (AvgIpc) is 2.70. The molecule has 2 aromatic rings. The van der Waals surface area contributed by atoms with E-state index in [1.165, 1.54) is 52.7 Å². The molecule has 10 heteroatoms. The van der Waals surface area contributed by atoms with Crippen molar-refractivity contribution >= 4 is 11.4 Å². The summed E-state index contributed by atoms with van der Waals surface area (Å²) in [6, 6.07) is 5.56. The van der Waals surface area contributed by atoms with Crippen LogP contribution in [0.5, 0.6) is 23.0 Å². The van der Waals surface area contributed by atoms with Crippen LogP contribution in [0, 0.1) is 20.2 Å². The van der Waals surface area contributed by atoms with Gasteiger partial charge in [0.25, 0.3) is 11.4 Å². The summed E-state index contributed by atoms with van der Waals surface area (Å²) in [7, 11) is 5.61. The Morgan fingerprint density at radius 1 is 0.643 bits per heavy atom. The molecule has 0 saturated heterocycles. The zero-order valence-electron chi connectivity index (χ0n) is 15.9. The van der Waals surface area contributed by atoms with E-state index in [9.17, 15) is 20.2 Å². The van der Waals surface area contributed by atoms with Gasteiger partial charge in [0.15, 0.2) is 23.0 Å². The lowest BCUT2D eigenvalue weighted by Gasteiger charge is -2.12. The molecule has 0 amide bonds. The number of aryl methyl sites for hydroxylation is 2. The van der Waals surface area contributed by atoms with Gasteiger partial charge in [0.2, 0.25) is 0 Å². The van der Waals surface area contributed by atoms with Crippen molar-refractivity contribution in [3.8, 4) is 23.0 Å². The minimum atomic E-state index is -0.527. The summed E-state index contributed by atoms with van der Waals surface area (Å²) < 4.78 is 20.6. The Bertz CT molecular complexity index is 824. The fourth-order valence-electron chi connectivity index (χ4n) is 2.83. The number of methoxy groups -OCH3 is 4. The summed E-state index contributed by atoms with van der Waals surface area (Å²) in [5, 5.41) is 22.8. The van der Waals surface area contributed by atoms with Crippen LogP contribution in [-0.2, 0) is 12.8 Å². The molecule has 10 nitrogen and oxygen atoms in total. The van der Waals surface area contributed by atoms with E-state index >= 15 is 0 Å². The lowest BCUT2D eigenvalue weighted by Crippen LogP contribution is -2.03. The minimum absolute atomic E-state index is 0.152. The lowest BCUT2D eigenvalue weighted by molar-refractivity contribution is -0.386. The molecule has 0 saturated carbocycles. The van der Waals surface area contributed by atoms with Crippen LogP contribution in [0.25, 0.3) is 0 Å². The fourth-order valence-corrected chi connectivity index (χ4v) is 2.83. The van der Waals surface area contributed by atoms with Gasteiger partial charge in [0, 0.05) is 11.1 Å². The number of hydrogen-bond acceptors (Lipinski definition) is 8. The first kappa shape index (κ1) is 20.7. The molecular formula is C18H20N2O8. The van der Waals surface area contributed by atoms with Crippen molar-refractivity contribution in [3.63, 3.8) is 0 Å². The van der Waals surface area contributed by atoms with Crippen LogP contribution in [-0.4, -0.2) is 38.3 Å². The first-order valence-electron chi connectivity index (χ1n) is 8.14. The van der Waals surface area contributed by atoms with Gasteiger partial charge in [-0.15, -0.1) is 0 Å². The highest BCUT2D eigenvalue weighted by Gasteiger charge is 2.23. The van der Waals surface area contributed by atoms with Crippen molar-refractivity contribution in [2.75, 3.05) is 28.4 Å². The smallest absolute Gasteiger partial charge is 0.276 e. The Morgan fingerprint density at radius 2 is 0.929 bits per heavy atom. The van der Waals surface area contributed by atoms with E-state index in [0.29, 0.717) is 22.6 Å². The Balaban J connectivity index is 2.45. The quantitative estimate of drug-likeness (QED) is 0.470. The van der Waals surface area contributed by atoms with E-state index in [0.717, 1.165) is 0 Å². The molecule has 0 aromatic heterocycles. The zero-order chi connectivity index (χ0) is 20.8. The third-order valence-corrected chi connectivity index (χ3v) is 4.23. The second-order valence-electron chi connectivity index (χ2n) is 5.69. The standard InChI is InChI=1S/C18H20N2O8/c1-25-15-7-11(13(19(21)22)9-17(15)27-3)5-6-12-8-16(26-2)18(28-4)10-14(12)20(23)24/h7-10H,5-6H2,1-4H3. The highest BCUT2D eigenvalue weighted by Crippen LogP contribution is 2.37. The number of ether oxygens (including phenoxy) is 4. The molecule has 0 unspecified atom stereocenters. The van der Waals surface area contributed by atoms with Crippen molar-refractivity contribution in [1.29, 1.82) is 0 Å².